The third kappa shape index (κ3) is 5.65. The lowest BCUT2D eigenvalue weighted by atomic mass is 9.68. The van der Waals surface area contributed by atoms with Crippen molar-refractivity contribution in [2.24, 2.45) is 5.41 Å². The molecule has 2 aliphatic rings. The van der Waals surface area contributed by atoms with E-state index in [2.05, 4.69) is 40.6 Å². The van der Waals surface area contributed by atoms with Crippen LogP contribution in [0.3, 0.4) is 0 Å². The second-order valence-corrected chi connectivity index (χ2v) is 10.2. The highest BCUT2D eigenvalue weighted by atomic mass is 16.6. The van der Waals surface area contributed by atoms with Gasteiger partial charge in [0.05, 0.1) is 0 Å². The van der Waals surface area contributed by atoms with Crippen LogP contribution in [-0.4, -0.2) is 40.7 Å². The van der Waals surface area contributed by atoms with Crippen LogP contribution in [0, 0.1) is 5.41 Å². The molecule has 1 amide bonds. The molecule has 2 saturated carbocycles. The summed E-state index contributed by atoms with van der Waals surface area (Å²) in [4.78, 5) is 19.4. The largest absolute Gasteiger partial charge is 0.444 e. The first-order valence-electron chi connectivity index (χ1n) is 11.5. The van der Waals surface area contributed by atoms with Gasteiger partial charge in [0, 0.05) is 49.4 Å². The number of rotatable bonds is 8. The minimum absolute atomic E-state index is 0.128. The molecule has 1 aromatic heterocycles. The van der Waals surface area contributed by atoms with Crippen LogP contribution >= 0.6 is 0 Å². The van der Waals surface area contributed by atoms with Crippen molar-refractivity contribution in [2.45, 2.75) is 70.6 Å². The fraction of sp³-hybridized carbons (Fsp3) is 0.538. The smallest absolute Gasteiger partial charge is 0.410 e. The summed E-state index contributed by atoms with van der Waals surface area (Å²) in [6, 6.07) is 14.8. The SMILES string of the molecule is CC(C)(C)OC(=O)N(CC1(CNCc2cccnc2)CCC1)[C@H]1CC1c1ccccc1. The predicted molar refractivity (Wildman–Crippen MR) is 123 cm³/mol. The van der Waals surface area contributed by atoms with Gasteiger partial charge in [0.25, 0.3) is 0 Å². The Morgan fingerprint density at radius 2 is 1.97 bits per heavy atom. The molecule has 1 unspecified atom stereocenters. The molecule has 2 fully saturated rings. The summed E-state index contributed by atoms with van der Waals surface area (Å²) in [5.74, 6) is 0.411. The van der Waals surface area contributed by atoms with Crippen LogP contribution in [0.1, 0.15) is 63.5 Å². The van der Waals surface area contributed by atoms with Gasteiger partial charge in [0.15, 0.2) is 0 Å². The van der Waals surface area contributed by atoms with E-state index in [1.165, 1.54) is 17.5 Å². The van der Waals surface area contributed by atoms with Crippen LogP contribution in [0.5, 0.6) is 0 Å². The molecule has 166 valence electrons. The van der Waals surface area contributed by atoms with E-state index < -0.39 is 5.60 Å². The van der Waals surface area contributed by atoms with E-state index in [1.54, 1.807) is 6.20 Å². The highest BCUT2D eigenvalue weighted by molar-refractivity contribution is 5.69. The van der Waals surface area contributed by atoms with E-state index in [0.29, 0.717) is 5.92 Å². The fourth-order valence-electron chi connectivity index (χ4n) is 4.63. The number of hydrogen-bond acceptors (Lipinski definition) is 4. The van der Waals surface area contributed by atoms with E-state index in [4.69, 9.17) is 4.74 Å². The summed E-state index contributed by atoms with van der Waals surface area (Å²) in [5.41, 5.74) is 2.14. The molecular formula is C26H35N3O2. The van der Waals surface area contributed by atoms with Gasteiger partial charge in [-0.15, -0.1) is 0 Å². The molecule has 5 heteroatoms. The van der Waals surface area contributed by atoms with Crippen LogP contribution in [0.25, 0.3) is 0 Å². The van der Waals surface area contributed by atoms with Gasteiger partial charge >= 0.3 is 6.09 Å². The normalized spacial score (nSPS) is 21.8. The van der Waals surface area contributed by atoms with Gasteiger partial charge < -0.3 is 15.0 Å². The number of nitrogens with zero attached hydrogens (tertiary/aromatic N) is 2. The van der Waals surface area contributed by atoms with Gasteiger partial charge in [-0.1, -0.05) is 42.8 Å². The van der Waals surface area contributed by atoms with E-state index in [-0.39, 0.29) is 17.6 Å². The molecule has 1 aromatic carbocycles. The Morgan fingerprint density at radius 3 is 2.58 bits per heavy atom. The first kappa shape index (κ1) is 21.8. The molecule has 1 N–H and O–H groups in total. The van der Waals surface area contributed by atoms with Crippen molar-refractivity contribution in [3.05, 3.63) is 66.0 Å². The number of benzene rings is 1. The molecule has 0 bridgehead atoms. The fourth-order valence-corrected chi connectivity index (χ4v) is 4.63. The maximum atomic E-state index is 13.2. The molecule has 2 atom stereocenters. The van der Waals surface area contributed by atoms with Crippen molar-refractivity contribution < 1.29 is 9.53 Å². The minimum Gasteiger partial charge on any atom is -0.444 e. The average molecular weight is 422 g/mol. The third-order valence-corrected chi connectivity index (χ3v) is 6.48. The summed E-state index contributed by atoms with van der Waals surface area (Å²) < 4.78 is 5.83. The maximum absolute atomic E-state index is 13.2. The monoisotopic (exact) mass is 421 g/mol. The van der Waals surface area contributed by atoms with Crippen molar-refractivity contribution in [2.75, 3.05) is 13.1 Å². The van der Waals surface area contributed by atoms with Crippen LogP contribution in [0.4, 0.5) is 4.79 Å². The molecule has 0 radical (unpaired) electrons. The van der Waals surface area contributed by atoms with Crippen molar-refractivity contribution in [1.82, 2.24) is 15.2 Å². The second kappa shape index (κ2) is 8.99. The molecular weight excluding hydrogens is 386 g/mol. The Kier molecular flexibility index (Phi) is 6.33. The quantitative estimate of drug-likeness (QED) is 0.642. The highest BCUT2D eigenvalue weighted by Crippen LogP contribution is 2.48. The van der Waals surface area contributed by atoms with Crippen LogP contribution in [0.2, 0.25) is 0 Å². The highest BCUT2D eigenvalue weighted by Gasteiger charge is 2.49. The molecule has 0 aliphatic heterocycles. The van der Waals surface area contributed by atoms with Gasteiger partial charge in [0.1, 0.15) is 5.60 Å². The second-order valence-electron chi connectivity index (χ2n) is 10.2. The van der Waals surface area contributed by atoms with Crippen LogP contribution < -0.4 is 5.32 Å². The number of carbonyl (C=O) groups excluding carboxylic acids is 1. The van der Waals surface area contributed by atoms with Crippen molar-refractivity contribution in [3.63, 3.8) is 0 Å². The summed E-state index contributed by atoms with van der Waals surface area (Å²) in [7, 11) is 0. The first-order valence-corrected chi connectivity index (χ1v) is 11.5. The Bertz CT molecular complexity index is 859. The third-order valence-electron chi connectivity index (χ3n) is 6.48. The first-order chi connectivity index (χ1) is 14.9. The summed E-state index contributed by atoms with van der Waals surface area (Å²) >= 11 is 0. The number of hydrogen-bond donors (Lipinski definition) is 1. The van der Waals surface area contributed by atoms with Gasteiger partial charge in [-0.3, -0.25) is 4.98 Å². The number of nitrogens with one attached hydrogen (secondary N) is 1. The number of amides is 1. The zero-order valence-electron chi connectivity index (χ0n) is 19.0. The standard InChI is InChI=1S/C26H35N3O2/c1-25(2,3)31-24(30)29(23-15-22(23)21-10-5-4-6-11-21)19-26(12-8-13-26)18-28-17-20-9-7-14-27-16-20/h4-7,9-11,14,16,22-23,28H,8,12-13,15,17-19H2,1-3H3/t22?,23-/m0/s1. The molecule has 31 heavy (non-hydrogen) atoms. The minimum atomic E-state index is -0.488. The summed E-state index contributed by atoms with van der Waals surface area (Å²) in [6.45, 7) is 8.30. The number of aromatic nitrogens is 1. The number of ether oxygens (including phenoxy) is 1. The molecule has 2 aliphatic carbocycles. The average Bonchev–Trinajstić information content (AvgIpc) is 3.50. The molecule has 0 spiro atoms. The molecule has 0 saturated heterocycles. The Morgan fingerprint density at radius 1 is 1.19 bits per heavy atom. The zero-order valence-corrected chi connectivity index (χ0v) is 19.0. The topological polar surface area (TPSA) is 54.5 Å². The van der Waals surface area contributed by atoms with Crippen LogP contribution in [0.15, 0.2) is 54.9 Å². The van der Waals surface area contributed by atoms with E-state index >= 15 is 0 Å². The number of pyridine rings is 1. The van der Waals surface area contributed by atoms with Gasteiger partial charge in [0.2, 0.25) is 0 Å². The molecule has 1 heterocycles. The summed E-state index contributed by atoms with van der Waals surface area (Å²) in [6.07, 6.45) is 8.07. The predicted octanol–water partition coefficient (Wildman–Crippen LogP) is 5.13. The van der Waals surface area contributed by atoms with Crippen molar-refractivity contribution in [3.8, 4) is 0 Å². The Balaban J connectivity index is 1.43. The van der Waals surface area contributed by atoms with Gasteiger partial charge in [-0.25, -0.2) is 4.79 Å². The zero-order chi connectivity index (χ0) is 21.9. The summed E-state index contributed by atoms with van der Waals surface area (Å²) in [5, 5.41) is 3.62. The lowest BCUT2D eigenvalue weighted by molar-refractivity contribution is 0.00105. The van der Waals surface area contributed by atoms with Crippen molar-refractivity contribution in [1.29, 1.82) is 0 Å². The van der Waals surface area contributed by atoms with E-state index in [9.17, 15) is 4.79 Å². The Labute approximate surface area is 186 Å². The Hall–Kier alpha value is -2.40. The molecule has 2 aromatic rings. The lowest BCUT2D eigenvalue weighted by Crippen LogP contribution is -2.51. The van der Waals surface area contributed by atoms with E-state index in [0.717, 1.165) is 38.9 Å². The number of carbonyl (C=O) groups is 1. The van der Waals surface area contributed by atoms with Gasteiger partial charge in [-0.2, -0.15) is 0 Å². The lowest BCUT2D eigenvalue weighted by Gasteiger charge is -2.45. The molecule has 5 nitrogen and oxygen atoms in total. The van der Waals surface area contributed by atoms with Crippen LogP contribution in [-0.2, 0) is 11.3 Å². The van der Waals surface area contributed by atoms with Gasteiger partial charge in [-0.05, 0) is 57.2 Å². The molecule has 4 rings (SSSR count). The van der Waals surface area contributed by atoms with E-state index in [1.807, 2.05) is 44.0 Å². The van der Waals surface area contributed by atoms with Crippen molar-refractivity contribution >= 4 is 6.09 Å². The maximum Gasteiger partial charge on any atom is 0.410 e.